The summed E-state index contributed by atoms with van der Waals surface area (Å²) in [7, 11) is 0. The molecule has 0 aliphatic heterocycles. The molecular weight excluding hydrogens is 418 g/mol. The number of alkyl halides is 3. The maximum absolute atomic E-state index is 14.1. The van der Waals surface area contributed by atoms with Crippen LogP contribution in [-0.4, -0.2) is 12.4 Å². The van der Waals surface area contributed by atoms with E-state index in [1.165, 1.54) is 6.07 Å². The normalized spacial score (nSPS) is 14.1. The highest BCUT2D eigenvalue weighted by Gasteiger charge is 2.58. The van der Waals surface area contributed by atoms with Crippen molar-refractivity contribution in [1.82, 2.24) is 0 Å². The van der Waals surface area contributed by atoms with Gasteiger partial charge in [0, 0.05) is 21.4 Å². The first-order chi connectivity index (χ1) is 12.5. The second-order valence-corrected chi connectivity index (χ2v) is 7.79. The molecule has 2 N–H and O–H groups in total. The third-order valence-corrected chi connectivity index (χ3v) is 5.59. The van der Waals surface area contributed by atoms with Crippen LogP contribution in [0.4, 0.5) is 13.2 Å². The number of halogens is 5. The molecule has 146 valence electrons. The molecule has 0 amide bonds. The van der Waals surface area contributed by atoms with E-state index in [1.54, 1.807) is 23.9 Å². The molecule has 8 heteroatoms. The monoisotopic (exact) mass is 435 g/mol. The molecule has 0 radical (unpaired) electrons. The summed E-state index contributed by atoms with van der Waals surface area (Å²) in [6.45, 7) is 5.71. The zero-order chi connectivity index (χ0) is 20.4. The number of rotatable bonds is 6. The van der Waals surface area contributed by atoms with Crippen LogP contribution in [0, 0.1) is 6.92 Å². The molecule has 0 saturated carbocycles. The predicted octanol–water partition coefficient (Wildman–Crippen LogP) is 6.78. The number of hydrogen-bond donors (Lipinski definition) is 1. The predicted molar refractivity (Wildman–Crippen MR) is 106 cm³/mol. The van der Waals surface area contributed by atoms with Gasteiger partial charge in [-0.25, -0.2) is 5.90 Å². The molecule has 1 atom stereocenters. The maximum Gasteiger partial charge on any atom is 0.424 e. The number of thioether (sulfide) groups is 1. The molecule has 0 saturated heterocycles. The fourth-order valence-electron chi connectivity index (χ4n) is 2.83. The Morgan fingerprint density at radius 2 is 1.74 bits per heavy atom. The third kappa shape index (κ3) is 4.63. The van der Waals surface area contributed by atoms with E-state index in [4.69, 9.17) is 29.1 Å². The standard InChI is InChI=1S/C19H18Cl2F3NOS/c1-11-6-13(4-5-17(11)27-3)12(2)10-18(26-25,19(22,23)24)14-7-15(20)9-16(21)8-14/h4-9H,2,10,25H2,1,3H3. The van der Waals surface area contributed by atoms with Gasteiger partial charge >= 0.3 is 6.18 Å². The van der Waals surface area contributed by atoms with E-state index in [0.717, 1.165) is 22.6 Å². The molecule has 2 aromatic carbocycles. The van der Waals surface area contributed by atoms with Crippen molar-refractivity contribution < 1.29 is 18.0 Å². The molecule has 1 unspecified atom stereocenters. The second kappa shape index (κ2) is 8.45. The Balaban J connectivity index is 2.52. The average Bonchev–Trinajstić information content (AvgIpc) is 2.57. The van der Waals surface area contributed by atoms with Crippen LogP contribution < -0.4 is 5.90 Å². The lowest BCUT2D eigenvalue weighted by Gasteiger charge is -2.35. The largest absolute Gasteiger partial charge is 0.424 e. The topological polar surface area (TPSA) is 35.2 Å². The maximum atomic E-state index is 14.1. The molecule has 27 heavy (non-hydrogen) atoms. The van der Waals surface area contributed by atoms with Crippen LogP contribution in [0.5, 0.6) is 0 Å². The van der Waals surface area contributed by atoms with Gasteiger partial charge in [-0.05, 0) is 59.7 Å². The highest BCUT2D eigenvalue weighted by atomic mass is 35.5. The first-order valence-corrected chi connectivity index (χ1v) is 9.76. The lowest BCUT2D eigenvalue weighted by atomic mass is 9.84. The van der Waals surface area contributed by atoms with Crippen molar-refractivity contribution >= 4 is 40.5 Å². The SMILES string of the molecule is C=C(CC(ON)(c1cc(Cl)cc(Cl)c1)C(F)(F)F)c1ccc(SC)c(C)c1. The van der Waals surface area contributed by atoms with Gasteiger partial charge in [-0.3, -0.25) is 4.84 Å². The highest BCUT2D eigenvalue weighted by Crippen LogP contribution is 2.48. The van der Waals surface area contributed by atoms with Gasteiger partial charge in [0.2, 0.25) is 5.60 Å². The van der Waals surface area contributed by atoms with Crippen LogP contribution in [0.15, 0.2) is 47.9 Å². The van der Waals surface area contributed by atoms with E-state index >= 15 is 0 Å². The molecule has 0 heterocycles. The fraction of sp³-hybridized carbons (Fsp3) is 0.263. The molecule has 0 aliphatic carbocycles. The summed E-state index contributed by atoms with van der Waals surface area (Å²) in [5, 5.41) is 0.0999. The van der Waals surface area contributed by atoms with E-state index in [1.807, 2.05) is 19.2 Å². The van der Waals surface area contributed by atoms with Gasteiger partial charge in [0.15, 0.2) is 0 Å². The quantitative estimate of drug-likeness (QED) is 0.401. The summed E-state index contributed by atoms with van der Waals surface area (Å²) in [5.41, 5.74) is -1.37. The zero-order valence-corrected chi connectivity index (χ0v) is 17.0. The Morgan fingerprint density at radius 3 is 2.19 bits per heavy atom. The lowest BCUT2D eigenvalue weighted by Crippen LogP contribution is -2.47. The summed E-state index contributed by atoms with van der Waals surface area (Å²) in [4.78, 5) is 5.59. The summed E-state index contributed by atoms with van der Waals surface area (Å²) >= 11 is 13.4. The van der Waals surface area contributed by atoms with Gasteiger partial charge in [0.25, 0.3) is 0 Å². The molecule has 0 aromatic heterocycles. The summed E-state index contributed by atoms with van der Waals surface area (Å²) in [5.74, 6) is 5.18. The van der Waals surface area contributed by atoms with Gasteiger partial charge in [-0.15, -0.1) is 11.8 Å². The molecule has 2 rings (SSSR count). The first-order valence-electron chi connectivity index (χ1n) is 7.78. The molecule has 0 spiro atoms. The van der Waals surface area contributed by atoms with E-state index in [9.17, 15) is 13.2 Å². The van der Waals surface area contributed by atoms with Crippen molar-refractivity contribution in [3.8, 4) is 0 Å². The third-order valence-electron chi connectivity index (χ3n) is 4.25. The van der Waals surface area contributed by atoms with Crippen LogP contribution in [0.25, 0.3) is 5.57 Å². The molecular formula is C19H18Cl2F3NOS. The first kappa shape index (κ1) is 22.1. The minimum absolute atomic E-state index is 0.0500. The summed E-state index contributed by atoms with van der Waals surface area (Å²) < 4.78 is 42.2. The fourth-order valence-corrected chi connectivity index (χ4v) is 3.94. The molecule has 0 fully saturated rings. The molecule has 0 aliphatic rings. The second-order valence-electron chi connectivity index (χ2n) is 6.07. The number of hydrogen-bond acceptors (Lipinski definition) is 3. The average molecular weight is 436 g/mol. The van der Waals surface area contributed by atoms with Crippen LogP contribution in [0.1, 0.15) is 23.1 Å². The Kier molecular flexibility index (Phi) is 6.92. The molecule has 0 bridgehead atoms. The Hall–Kier alpha value is -1.18. The lowest BCUT2D eigenvalue weighted by molar-refractivity contribution is -0.285. The zero-order valence-electron chi connectivity index (χ0n) is 14.7. The van der Waals surface area contributed by atoms with Crippen molar-refractivity contribution in [2.24, 2.45) is 5.90 Å². The van der Waals surface area contributed by atoms with E-state index in [0.29, 0.717) is 5.56 Å². The summed E-state index contributed by atoms with van der Waals surface area (Å²) in [6, 6.07) is 8.98. The summed E-state index contributed by atoms with van der Waals surface area (Å²) in [6.07, 6.45) is -3.51. The van der Waals surface area contributed by atoms with Gasteiger partial charge < -0.3 is 0 Å². The van der Waals surface area contributed by atoms with Crippen LogP contribution in [0.2, 0.25) is 10.0 Å². The van der Waals surface area contributed by atoms with Gasteiger partial charge in [0.1, 0.15) is 0 Å². The van der Waals surface area contributed by atoms with Crippen molar-refractivity contribution in [1.29, 1.82) is 0 Å². The Bertz CT molecular complexity index is 837. The number of nitrogens with two attached hydrogens (primary N) is 1. The Morgan fingerprint density at radius 1 is 1.15 bits per heavy atom. The molecule has 2 nitrogen and oxygen atoms in total. The van der Waals surface area contributed by atoms with E-state index in [2.05, 4.69) is 11.4 Å². The van der Waals surface area contributed by atoms with Gasteiger partial charge in [-0.1, -0.05) is 41.9 Å². The van der Waals surface area contributed by atoms with E-state index in [-0.39, 0.29) is 21.2 Å². The number of benzene rings is 2. The van der Waals surface area contributed by atoms with Crippen LogP contribution in [-0.2, 0) is 10.4 Å². The van der Waals surface area contributed by atoms with Gasteiger partial charge in [-0.2, -0.15) is 13.2 Å². The Labute approximate surface area is 170 Å². The van der Waals surface area contributed by atoms with Crippen LogP contribution >= 0.6 is 35.0 Å². The van der Waals surface area contributed by atoms with Crippen molar-refractivity contribution in [3.63, 3.8) is 0 Å². The van der Waals surface area contributed by atoms with E-state index < -0.39 is 18.2 Å². The smallest absolute Gasteiger partial charge is 0.283 e. The van der Waals surface area contributed by atoms with Crippen molar-refractivity contribution in [2.75, 3.05) is 6.26 Å². The van der Waals surface area contributed by atoms with Crippen molar-refractivity contribution in [2.45, 2.75) is 30.0 Å². The number of aryl methyl sites for hydroxylation is 1. The highest BCUT2D eigenvalue weighted by molar-refractivity contribution is 7.98. The minimum Gasteiger partial charge on any atom is -0.283 e. The van der Waals surface area contributed by atoms with Crippen LogP contribution in [0.3, 0.4) is 0 Å². The van der Waals surface area contributed by atoms with Crippen molar-refractivity contribution in [3.05, 3.63) is 69.7 Å². The minimum atomic E-state index is -4.83. The molecule has 2 aromatic rings. The van der Waals surface area contributed by atoms with Gasteiger partial charge in [0.05, 0.1) is 0 Å².